The second kappa shape index (κ2) is 9.07. The zero-order valence-electron chi connectivity index (χ0n) is 15.5. The number of aliphatic hydroxyl groups is 4. The van der Waals surface area contributed by atoms with Gasteiger partial charge in [-0.1, -0.05) is 13.8 Å². The van der Waals surface area contributed by atoms with Crippen LogP contribution in [0.5, 0.6) is 0 Å². The third-order valence-electron chi connectivity index (χ3n) is 4.23. The molecule has 0 saturated carbocycles. The number of nitrogens with two attached hydrogens (primary N) is 1. The molecule has 0 aromatic carbocycles. The van der Waals surface area contributed by atoms with E-state index in [1.165, 1.54) is 13.8 Å². The molecule has 0 bridgehead atoms. The Bertz CT molecular complexity index is 499. The molecule has 10 nitrogen and oxygen atoms in total. The highest BCUT2D eigenvalue weighted by atomic mass is 16.6. The first kappa shape index (κ1) is 22.7. The molecule has 152 valence electrons. The number of nitrogens with one attached hydrogen (secondary N) is 1. The molecule has 0 unspecified atom stereocenters. The molecule has 0 aromatic heterocycles. The molecular weight excluding hydrogens is 348 g/mol. The van der Waals surface area contributed by atoms with E-state index in [2.05, 4.69) is 5.32 Å². The Morgan fingerprint density at radius 2 is 1.96 bits per heavy atom. The van der Waals surface area contributed by atoms with Gasteiger partial charge in [-0.05, 0) is 12.8 Å². The van der Waals surface area contributed by atoms with Crippen molar-refractivity contribution < 1.29 is 39.5 Å². The van der Waals surface area contributed by atoms with Gasteiger partial charge in [-0.25, -0.2) is 0 Å². The lowest BCUT2D eigenvalue weighted by Gasteiger charge is -2.45. The van der Waals surface area contributed by atoms with Crippen molar-refractivity contribution in [3.63, 3.8) is 0 Å². The summed E-state index contributed by atoms with van der Waals surface area (Å²) in [5.41, 5.74) is 5.64. The summed E-state index contributed by atoms with van der Waals surface area (Å²) >= 11 is 0. The van der Waals surface area contributed by atoms with Crippen LogP contribution < -0.4 is 11.1 Å². The minimum Gasteiger partial charge on any atom is -0.462 e. The molecule has 7 atom stereocenters. The maximum atomic E-state index is 11.7. The number of esters is 1. The molecule has 1 amide bonds. The number of hydrogen-bond acceptors (Lipinski definition) is 9. The predicted octanol–water partition coefficient (Wildman–Crippen LogP) is -2.40. The molecule has 0 aromatic rings. The van der Waals surface area contributed by atoms with Crippen LogP contribution in [0.3, 0.4) is 0 Å². The van der Waals surface area contributed by atoms with Gasteiger partial charge in [0.25, 0.3) is 0 Å². The van der Waals surface area contributed by atoms with Crippen LogP contribution in [-0.2, 0) is 19.1 Å². The molecule has 10 heteroatoms. The van der Waals surface area contributed by atoms with Gasteiger partial charge in [0, 0.05) is 13.3 Å². The lowest BCUT2D eigenvalue weighted by Crippen LogP contribution is -2.65. The maximum absolute atomic E-state index is 11.7. The summed E-state index contributed by atoms with van der Waals surface area (Å²) in [5, 5.41) is 43.1. The third kappa shape index (κ3) is 6.15. The van der Waals surface area contributed by atoms with Crippen molar-refractivity contribution >= 4 is 11.9 Å². The van der Waals surface area contributed by atoms with Crippen molar-refractivity contribution in [1.29, 1.82) is 0 Å². The van der Waals surface area contributed by atoms with Gasteiger partial charge >= 0.3 is 5.97 Å². The van der Waals surface area contributed by atoms with Crippen molar-refractivity contribution in [3.05, 3.63) is 0 Å². The predicted molar refractivity (Wildman–Crippen MR) is 89.5 cm³/mol. The number of rotatable bonds is 7. The average molecular weight is 378 g/mol. The maximum Gasteiger partial charge on any atom is 0.323 e. The zero-order valence-corrected chi connectivity index (χ0v) is 15.5. The lowest BCUT2D eigenvalue weighted by molar-refractivity contribution is -0.292. The molecule has 0 aliphatic carbocycles. The molecule has 26 heavy (non-hydrogen) atoms. The van der Waals surface area contributed by atoms with Crippen molar-refractivity contribution in [3.8, 4) is 0 Å². The van der Waals surface area contributed by atoms with Crippen LogP contribution >= 0.6 is 0 Å². The van der Waals surface area contributed by atoms with Gasteiger partial charge in [-0.15, -0.1) is 0 Å². The van der Waals surface area contributed by atoms with Crippen LogP contribution in [0.25, 0.3) is 0 Å². The zero-order chi connectivity index (χ0) is 20.2. The number of aliphatic hydroxyl groups excluding tert-OH is 3. The van der Waals surface area contributed by atoms with E-state index < -0.39 is 60.8 Å². The van der Waals surface area contributed by atoms with Crippen molar-refractivity contribution in [1.82, 2.24) is 5.32 Å². The molecular formula is C16H30N2O8. The molecule has 1 aliphatic heterocycles. The summed E-state index contributed by atoms with van der Waals surface area (Å²) in [6, 6.07) is -1.94. The number of amides is 1. The van der Waals surface area contributed by atoms with Gasteiger partial charge in [0.15, 0.2) is 5.79 Å². The second-order valence-electron chi connectivity index (χ2n) is 7.21. The van der Waals surface area contributed by atoms with E-state index in [0.29, 0.717) is 0 Å². The van der Waals surface area contributed by atoms with E-state index in [1.807, 2.05) is 0 Å². The summed E-state index contributed by atoms with van der Waals surface area (Å²) in [4.78, 5) is 23.1. The Morgan fingerprint density at radius 3 is 2.46 bits per heavy atom. The van der Waals surface area contributed by atoms with Gasteiger partial charge in [0.05, 0.1) is 12.1 Å². The summed E-state index contributed by atoms with van der Waals surface area (Å²) in [5.74, 6) is -3.15. The average Bonchev–Trinajstić information content (AvgIpc) is 2.52. The van der Waals surface area contributed by atoms with Gasteiger partial charge in [-0.3, -0.25) is 9.59 Å². The van der Waals surface area contributed by atoms with Gasteiger partial charge in [0.1, 0.15) is 31.0 Å². The van der Waals surface area contributed by atoms with Crippen molar-refractivity contribution in [2.75, 3.05) is 6.61 Å². The Kier molecular flexibility index (Phi) is 7.93. The fourth-order valence-corrected chi connectivity index (χ4v) is 2.70. The topological polar surface area (TPSA) is 172 Å². The second-order valence-corrected chi connectivity index (χ2v) is 7.21. The summed E-state index contributed by atoms with van der Waals surface area (Å²) in [6.45, 7) is 5.40. The first-order valence-electron chi connectivity index (χ1n) is 8.49. The Hall–Kier alpha value is -1.30. The lowest BCUT2D eigenvalue weighted by atomic mass is 9.89. The number of carbonyl (C=O) groups is 2. The first-order valence-corrected chi connectivity index (χ1v) is 8.49. The fourth-order valence-electron chi connectivity index (χ4n) is 2.70. The Morgan fingerprint density at radius 1 is 1.38 bits per heavy atom. The molecule has 1 rings (SSSR count). The molecule has 1 fully saturated rings. The molecule has 1 saturated heterocycles. The number of carbonyl (C=O) groups excluding carboxylic acids is 2. The minimum absolute atomic E-state index is 0.166. The Labute approximate surface area is 152 Å². The van der Waals surface area contributed by atoms with E-state index in [-0.39, 0.29) is 12.3 Å². The SMILES string of the molecule is CC(=O)N[C@H]1[C@H]([C@H](O)[C@H](O)COC(=O)[C@H](N)C(C)C)O[C@@](C)(O)C[C@@H]1O. The van der Waals surface area contributed by atoms with E-state index >= 15 is 0 Å². The smallest absolute Gasteiger partial charge is 0.323 e. The molecule has 1 heterocycles. The standard InChI is InChI=1S/C16H30N2O8/c1-7(2)11(17)15(23)25-6-10(21)13(22)14-12(18-8(3)19)9(20)5-16(4,24)26-14/h7,9-14,20-22,24H,5-6,17H2,1-4H3,(H,18,19)/t9-,10+,11+,12+,13+,14+,16+/m0/s1. The normalized spacial score (nSPS) is 32.6. The van der Waals surface area contributed by atoms with Crippen LogP contribution in [0.2, 0.25) is 0 Å². The highest BCUT2D eigenvalue weighted by Gasteiger charge is 2.48. The highest BCUT2D eigenvalue weighted by molar-refractivity contribution is 5.75. The van der Waals surface area contributed by atoms with E-state index in [1.54, 1.807) is 13.8 Å². The highest BCUT2D eigenvalue weighted by Crippen LogP contribution is 2.29. The largest absolute Gasteiger partial charge is 0.462 e. The van der Waals surface area contributed by atoms with E-state index in [4.69, 9.17) is 15.2 Å². The fraction of sp³-hybridized carbons (Fsp3) is 0.875. The van der Waals surface area contributed by atoms with Crippen LogP contribution in [0.4, 0.5) is 0 Å². The van der Waals surface area contributed by atoms with Gasteiger partial charge in [-0.2, -0.15) is 0 Å². The van der Waals surface area contributed by atoms with Crippen LogP contribution in [0.1, 0.15) is 34.1 Å². The van der Waals surface area contributed by atoms with E-state index in [0.717, 1.165) is 0 Å². The van der Waals surface area contributed by atoms with Gasteiger partial charge in [0.2, 0.25) is 5.91 Å². The monoisotopic (exact) mass is 378 g/mol. The summed E-state index contributed by atoms with van der Waals surface area (Å²) in [7, 11) is 0. The van der Waals surface area contributed by atoms with E-state index in [9.17, 15) is 30.0 Å². The third-order valence-corrected chi connectivity index (χ3v) is 4.23. The minimum atomic E-state index is -1.77. The molecule has 0 radical (unpaired) electrons. The van der Waals surface area contributed by atoms with Crippen LogP contribution in [0, 0.1) is 5.92 Å². The molecule has 0 spiro atoms. The van der Waals surface area contributed by atoms with Crippen molar-refractivity contribution in [2.45, 2.75) is 76.4 Å². The molecule has 1 aliphatic rings. The quantitative estimate of drug-likeness (QED) is 0.264. The van der Waals surface area contributed by atoms with Gasteiger partial charge < -0.3 is 41.0 Å². The van der Waals surface area contributed by atoms with Crippen molar-refractivity contribution in [2.24, 2.45) is 11.7 Å². The van der Waals surface area contributed by atoms with Crippen LogP contribution in [0.15, 0.2) is 0 Å². The number of ether oxygens (including phenoxy) is 2. The number of hydrogen-bond donors (Lipinski definition) is 6. The first-order chi connectivity index (χ1) is 11.9. The molecule has 7 N–H and O–H groups in total. The van der Waals surface area contributed by atoms with Crippen LogP contribution in [-0.4, -0.2) is 81.2 Å². The summed E-state index contributed by atoms with van der Waals surface area (Å²) < 4.78 is 10.2. The Balaban J connectivity index is 2.79. The summed E-state index contributed by atoms with van der Waals surface area (Å²) in [6.07, 6.45) is -5.98.